The van der Waals surface area contributed by atoms with Gasteiger partial charge in [0.05, 0.1) is 6.61 Å². The van der Waals surface area contributed by atoms with E-state index in [0.717, 1.165) is 55.0 Å². The predicted octanol–water partition coefficient (Wildman–Crippen LogP) is 3.07. The topological polar surface area (TPSA) is 47.0 Å². The first-order chi connectivity index (χ1) is 13.9. The maximum atomic E-state index is 12.9. The number of amides is 1. The Balaban J connectivity index is 1.72. The number of nitrogens with zero attached hydrogens (tertiary/aromatic N) is 3. The lowest BCUT2D eigenvalue weighted by Gasteiger charge is -2.37. The molecule has 2 aromatic carbocycles. The third-order valence-electron chi connectivity index (χ3n) is 5.61. The summed E-state index contributed by atoms with van der Waals surface area (Å²) in [5.74, 6) is 0.101. The summed E-state index contributed by atoms with van der Waals surface area (Å²) in [5.41, 5.74) is 4.84. The summed E-state index contributed by atoms with van der Waals surface area (Å²) in [4.78, 5) is 19.3. The van der Waals surface area contributed by atoms with Crippen molar-refractivity contribution in [2.24, 2.45) is 0 Å². The van der Waals surface area contributed by atoms with Crippen molar-refractivity contribution in [2.45, 2.75) is 33.0 Å². The molecule has 0 atom stereocenters. The first-order valence-electron chi connectivity index (χ1n) is 10.4. The van der Waals surface area contributed by atoms with E-state index in [4.69, 9.17) is 0 Å². The Morgan fingerprint density at radius 2 is 1.69 bits per heavy atom. The van der Waals surface area contributed by atoms with Crippen LogP contribution in [-0.2, 0) is 13.2 Å². The van der Waals surface area contributed by atoms with Crippen LogP contribution in [0.1, 0.15) is 35.3 Å². The number of carbonyl (C=O) groups is 1. The molecule has 1 N–H and O–H groups in total. The highest BCUT2D eigenvalue weighted by Gasteiger charge is 2.23. The van der Waals surface area contributed by atoms with Crippen LogP contribution in [0.3, 0.4) is 0 Å². The lowest BCUT2D eigenvalue weighted by molar-refractivity contribution is 0.0595. The molecule has 0 spiro atoms. The Morgan fingerprint density at radius 1 is 1.03 bits per heavy atom. The smallest absolute Gasteiger partial charge is 0.253 e. The molecule has 29 heavy (non-hydrogen) atoms. The second kappa shape index (κ2) is 9.53. The maximum absolute atomic E-state index is 12.9. The van der Waals surface area contributed by atoms with E-state index in [1.54, 1.807) is 0 Å². The first-order valence-corrected chi connectivity index (χ1v) is 10.4. The van der Waals surface area contributed by atoms with Gasteiger partial charge in [0, 0.05) is 44.3 Å². The number of aliphatic hydroxyl groups is 1. The van der Waals surface area contributed by atoms with Crippen molar-refractivity contribution >= 4 is 5.91 Å². The molecule has 1 heterocycles. The van der Waals surface area contributed by atoms with Gasteiger partial charge < -0.3 is 14.9 Å². The summed E-state index contributed by atoms with van der Waals surface area (Å²) in [7, 11) is 4.07. The van der Waals surface area contributed by atoms with Gasteiger partial charge in [-0.15, -0.1) is 0 Å². The molecule has 1 amide bonds. The fourth-order valence-electron chi connectivity index (χ4n) is 3.94. The Morgan fingerprint density at radius 3 is 2.24 bits per heavy atom. The molecular weight excluding hydrogens is 362 g/mol. The number of carbonyl (C=O) groups excluding carboxylic acids is 1. The molecule has 1 fully saturated rings. The largest absolute Gasteiger partial charge is 0.392 e. The fraction of sp³-hybridized carbons (Fsp3) is 0.458. The van der Waals surface area contributed by atoms with Crippen LogP contribution in [0, 0.1) is 0 Å². The normalized spacial score (nSPS) is 15.3. The lowest BCUT2D eigenvalue weighted by Crippen LogP contribution is -2.50. The molecule has 2 aromatic rings. The summed E-state index contributed by atoms with van der Waals surface area (Å²) in [5, 5.41) is 9.83. The highest BCUT2D eigenvalue weighted by molar-refractivity contribution is 5.94. The van der Waals surface area contributed by atoms with Crippen molar-refractivity contribution in [3.8, 4) is 11.1 Å². The molecule has 0 aromatic heterocycles. The number of benzene rings is 2. The van der Waals surface area contributed by atoms with Crippen LogP contribution in [0.25, 0.3) is 11.1 Å². The quantitative estimate of drug-likeness (QED) is 0.817. The SMILES string of the molecule is CC(C)N1CCN(C(=O)c2ccc(-c3ccc(CN(C)C)cc3CO)cc2)CC1. The number of piperazine rings is 1. The van der Waals surface area contributed by atoms with E-state index >= 15 is 0 Å². The van der Waals surface area contributed by atoms with Gasteiger partial charge in [0.25, 0.3) is 5.91 Å². The summed E-state index contributed by atoms with van der Waals surface area (Å²) in [6.07, 6.45) is 0. The van der Waals surface area contributed by atoms with Crippen LogP contribution in [0.15, 0.2) is 42.5 Å². The van der Waals surface area contributed by atoms with Crippen molar-refractivity contribution in [3.05, 3.63) is 59.2 Å². The van der Waals surface area contributed by atoms with Gasteiger partial charge in [-0.2, -0.15) is 0 Å². The molecule has 0 unspecified atom stereocenters. The monoisotopic (exact) mass is 395 g/mol. The van der Waals surface area contributed by atoms with Gasteiger partial charge >= 0.3 is 0 Å². The van der Waals surface area contributed by atoms with Gasteiger partial charge in [-0.25, -0.2) is 0 Å². The Kier molecular flexibility index (Phi) is 7.06. The minimum Gasteiger partial charge on any atom is -0.392 e. The van der Waals surface area contributed by atoms with Crippen molar-refractivity contribution in [3.63, 3.8) is 0 Å². The minimum absolute atomic E-state index is 0.00257. The van der Waals surface area contributed by atoms with Gasteiger partial charge in [0.1, 0.15) is 0 Å². The zero-order valence-corrected chi connectivity index (χ0v) is 18.1. The molecule has 1 saturated heterocycles. The van der Waals surface area contributed by atoms with Crippen LogP contribution in [0.2, 0.25) is 0 Å². The molecule has 0 bridgehead atoms. The highest BCUT2D eigenvalue weighted by Crippen LogP contribution is 2.26. The molecule has 5 heteroatoms. The number of aliphatic hydroxyl groups excluding tert-OH is 1. The third-order valence-corrected chi connectivity index (χ3v) is 5.61. The molecule has 0 aliphatic carbocycles. The summed E-state index contributed by atoms with van der Waals surface area (Å²) >= 11 is 0. The number of hydrogen-bond acceptors (Lipinski definition) is 4. The molecule has 156 valence electrons. The second-order valence-electron chi connectivity index (χ2n) is 8.39. The molecular formula is C24H33N3O2. The van der Waals surface area contributed by atoms with E-state index in [1.165, 1.54) is 5.56 Å². The van der Waals surface area contributed by atoms with Crippen LogP contribution in [-0.4, -0.2) is 72.0 Å². The van der Waals surface area contributed by atoms with Gasteiger partial charge in [-0.3, -0.25) is 9.69 Å². The first kappa shape index (κ1) is 21.5. The van der Waals surface area contributed by atoms with Gasteiger partial charge in [-0.1, -0.05) is 30.3 Å². The van der Waals surface area contributed by atoms with Crippen molar-refractivity contribution in [1.82, 2.24) is 14.7 Å². The molecule has 3 rings (SSSR count). The maximum Gasteiger partial charge on any atom is 0.253 e. The Hall–Kier alpha value is -2.21. The Labute approximate surface area is 174 Å². The molecule has 5 nitrogen and oxygen atoms in total. The van der Waals surface area contributed by atoms with Crippen LogP contribution in [0.5, 0.6) is 0 Å². The van der Waals surface area contributed by atoms with E-state index in [9.17, 15) is 9.90 Å². The Bertz CT molecular complexity index is 823. The number of hydrogen-bond donors (Lipinski definition) is 1. The predicted molar refractivity (Wildman–Crippen MR) is 118 cm³/mol. The van der Waals surface area contributed by atoms with Crippen molar-refractivity contribution in [2.75, 3.05) is 40.3 Å². The fourth-order valence-corrected chi connectivity index (χ4v) is 3.94. The van der Waals surface area contributed by atoms with E-state index in [2.05, 4.69) is 41.8 Å². The minimum atomic E-state index is -0.00257. The van der Waals surface area contributed by atoms with E-state index in [1.807, 2.05) is 43.3 Å². The average Bonchev–Trinajstić information content (AvgIpc) is 2.73. The van der Waals surface area contributed by atoms with E-state index < -0.39 is 0 Å². The van der Waals surface area contributed by atoms with Gasteiger partial charge in [0.15, 0.2) is 0 Å². The summed E-state index contributed by atoms with van der Waals surface area (Å²) in [6, 6.07) is 14.5. The third kappa shape index (κ3) is 5.24. The lowest BCUT2D eigenvalue weighted by atomic mass is 9.96. The highest BCUT2D eigenvalue weighted by atomic mass is 16.3. The molecule has 0 radical (unpaired) electrons. The zero-order chi connectivity index (χ0) is 21.0. The zero-order valence-electron chi connectivity index (χ0n) is 18.1. The molecule has 0 saturated carbocycles. The van der Waals surface area contributed by atoms with Gasteiger partial charge in [-0.05, 0) is 62.3 Å². The summed E-state index contributed by atoms with van der Waals surface area (Å²) in [6.45, 7) is 8.65. The molecule has 1 aliphatic rings. The number of rotatable bonds is 6. The van der Waals surface area contributed by atoms with E-state index in [0.29, 0.717) is 6.04 Å². The molecule has 1 aliphatic heterocycles. The van der Waals surface area contributed by atoms with Crippen LogP contribution >= 0.6 is 0 Å². The van der Waals surface area contributed by atoms with Gasteiger partial charge in [0.2, 0.25) is 0 Å². The average molecular weight is 396 g/mol. The van der Waals surface area contributed by atoms with Crippen LogP contribution in [0.4, 0.5) is 0 Å². The van der Waals surface area contributed by atoms with Crippen molar-refractivity contribution in [1.29, 1.82) is 0 Å². The second-order valence-corrected chi connectivity index (χ2v) is 8.39. The standard InChI is InChI=1S/C24H33N3O2/c1-18(2)26-11-13-27(14-12-26)24(29)21-8-6-20(7-9-21)23-10-5-19(16-25(3)4)15-22(23)17-28/h5-10,15,18,28H,11-14,16-17H2,1-4H3. The van der Waals surface area contributed by atoms with Crippen molar-refractivity contribution < 1.29 is 9.90 Å². The summed E-state index contributed by atoms with van der Waals surface area (Å²) < 4.78 is 0. The van der Waals surface area contributed by atoms with E-state index in [-0.39, 0.29) is 12.5 Å². The van der Waals surface area contributed by atoms with Crippen LogP contribution < -0.4 is 0 Å².